The lowest BCUT2D eigenvalue weighted by Gasteiger charge is -2.14. The van der Waals surface area contributed by atoms with E-state index < -0.39 is 12.1 Å². The number of amides is 4. The van der Waals surface area contributed by atoms with Crippen LogP contribution in [0.3, 0.4) is 0 Å². The molecule has 4 N–H and O–H groups in total. The summed E-state index contributed by atoms with van der Waals surface area (Å²) in [5.74, 6) is 0. The molecule has 0 radical (unpaired) electrons. The van der Waals surface area contributed by atoms with Gasteiger partial charge in [0.05, 0.1) is 0 Å². The van der Waals surface area contributed by atoms with E-state index in [4.69, 9.17) is 11.5 Å². The molecular formula is C12H11N3O2S. The Bertz CT molecular complexity index is 601. The molecule has 4 amide bonds. The number of hydrogen-bond donors (Lipinski definition) is 2. The van der Waals surface area contributed by atoms with Crippen LogP contribution in [0, 0.1) is 0 Å². The highest BCUT2D eigenvalue weighted by Crippen LogP contribution is 2.26. The molecule has 0 bridgehead atoms. The maximum atomic E-state index is 11.0. The standard InChI is InChI=1S/C12H11N3O2S/c13-11(16)15(12(14)17)18-10-6-5-8-3-1-2-4-9(8)7-10/h1-7H,(H2,13,16)(H2,14,17). The Hall–Kier alpha value is -2.21. The summed E-state index contributed by atoms with van der Waals surface area (Å²) in [6.07, 6.45) is 0. The zero-order chi connectivity index (χ0) is 13.1. The van der Waals surface area contributed by atoms with Crippen molar-refractivity contribution in [2.45, 2.75) is 4.90 Å². The van der Waals surface area contributed by atoms with Crippen LogP contribution in [-0.4, -0.2) is 16.4 Å². The average molecular weight is 261 g/mol. The lowest BCUT2D eigenvalue weighted by atomic mass is 10.1. The van der Waals surface area contributed by atoms with Gasteiger partial charge in [0.1, 0.15) is 0 Å². The third-order valence-electron chi connectivity index (χ3n) is 2.32. The van der Waals surface area contributed by atoms with Gasteiger partial charge in [-0.3, -0.25) is 0 Å². The number of rotatable bonds is 2. The van der Waals surface area contributed by atoms with Crippen molar-refractivity contribution in [2.24, 2.45) is 11.5 Å². The molecule has 2 rings (SSSR count). The summed E-state index contributed by atoms with van der Waals surface area (Å²) >= 11 is 0.904. The normalized spacial score (nSPS) is 10.2. The average Bonchev–Trinajstić information content (AvgIpc) is 2.35. The number of urea groups is 2. The van der Waals surface area contributed by atoms with Gasteiger partial charge in [-0.05, 0) is 22.9 Å². The molecule has 0 spiro atoms. The van der Waals surface area contributed by atoms with Gasteiger partial charge in [-0.1, -0.05) is 30.3 Å². The first-order valence-electron chi connectivity index (χ1n) is 5.13. The molecule has 0 aliphatic carbocycles. The fraction of sp³-hybridized carbons (Fsp3) is 0. The first-order valence-corrected chi connectivity index (χ1v) is 5.91. The van der Waals surface area contributed by atoms with Gasteiger partial charge in [-0.2, -0.15) is 4.31 Å². The molecule has 92 valence electrons. The van der Waals surface area contributed by atoms with Crippen LogP contribution in [0.4, 0.5) is 9.59 Å². The van der Waals surface area contributed by atoms with Crippen LogP contribution >= 0.6 is 11.9 Å². The molecule has 2 aromatic rings. The molecule has 0 saturated heterocycles. The summed E-state index contributed by atoms with van der Waals surface area (Å²) in [6, 6.07) is 11.6. The summed E-state index contributed by atoms with van der Waals surface area (Å²) in [4.78, 5) is 22.8. The second-order valence-electron chi connectivity index (χ2n) is 3.57. The van der Waals surface area contributed by atoms with Crippen molar-refractivity contribution >= 4 is 34.8 Å². The van der Waals surface area contributed by atoms with Crippen LogP contribution in [0.25, 0.3) is 10.8 Å². The van der Waals surface area contributed by atoms with E-state index in [9.17, 15) is 9.59 Å². The Kier molecular flexibility index (Phi) is 3.38. The van der Waals surface area contributed by atoms with Gasteiger partial charge in [0.15, 0.2) is 0 Å². The van der Waals surface area contributed by atoms with Crippen molar-refractivity contribution in [1.82, 2.24) is 4.31 Å². The van der Waals surface area contributed by atoms with E-state index >= 15 is 0 Å². The highest BCUT2D eigenvalue weighted by atomic mass is 32.2. The van der Waals surface area contributed by atoms with Crippen molar-refractivity contribution in [1.29, 1.82) is 0 Å². The topological polar surface area (TPSA) is 89.4 Å². The summed E-state index contributed by atoms with van der Waals surface area (Å²) < 4.78 is 0.712. The van der Waals surface area contributed by atoms with Crippen LogP contribution < -0.4 is 11.5 Å². The van der Waals surface area contributed by atoms with Crippen LogP contribution in [0.1, 0.15) is 0 Å². The molecule has 0 saturated carbocycles. The summed E-state index contributed by atoms with van der Waals surface area (Å²) in [5, 5.41) is 2.09. The number of nitrogens with zero attached hydrogens (tertiary/aromatic N) is 1. The minimum absolute atomic E-state index is 0.712. The van der Waals surface area contributed by atoms with Gasteiger partial charge >= 0.3 is 12.1 Å². The highest BCUT2D eigenvalue weighted by molar-refractivity contribution is 7.98. The Balaban J connectivity index is 2.31. The van der Waals surface area contributed by atoms with Crippen molar-refractivity contribution in [3.63, 3.8) is 0 Å². The first-order chi connectivity index (χ1) is 8.58. The van der Waals surface area contributed by atoms with Crippen LogP contribution in [-0.2, 0) is 0 Å². The van der Waals surface area contributed by atoms with Gasteiger partial charge in [0, 0.05) is 16.8 Å². The van der Waals surface area contributed by atoms with Crippen molar-refractivity contribution < 1.29 is 9.59 Å². The van der Waals surface area contributed by atoms with Crippen LogP contribution in [0.2, 0.25) is 0 Å². The second kappa shape index (κ2) is 4.97. The molecular weight excluding hydrogens is 250 g/mol. The summed E-state index contributed by atoms with van der Waals surface area (Å²) in [7, 11) is 0. The van der Waals surface area contributed by atoms with E-state index in [0.717, 1.165) is 22.7 Å². The van der Waals surface area contributed by atoms with Crippen molar-refractivity contribution in [3.05, 3.63) is 42.5 Å². The molecule has 0 heterocycles. The maximum absolute atomic E-state index is 11.0. The van der Waals surface area contributed by atoms with Gasteiger partial charge < -0.3 is 11.5 Å². The molecule has 0 aliphatic rings. The van der Waals surface area contributed by atoms with E-state index in [0.29, 0.717) is 9.20 Å². The van der Waals surface area contributed by atoms with E-state index in [-0.39, 0.29) is 0 Å². The lowest BCUT2D eigenvalue weighted by Crippen LogP contribution is -2.38. The SMILES string of the molecule is NC(=O)N(Sc1ccc2ccccc2c1)C(N)=O. The van der Waals surface area contributed by atoms with E-state index in [1.807, 2.05) is 36.4 Å². The number of carbonyl (C=O) groups excluding carboxylic acids is 2. The number of nitrogens with two attached hydrogens (primary N) is 2. The van der Waals surface area contributed by atoms with Crippen molar-refractivity contribution in [3.8, 4) is 0 Å². The Labute approximate surface area is 108 Å². The molecule has 6 heteroatoms. The molecule has 0 atom stereocenters. The van der Waals surface area contributed by atoms with Gasteiger partial charge in [0.2, 0.25) is 0 Å². The smallest absolute Gasteiger partial charge is 0.333 e. The number of hydrogen-bond acceptors (Lipinski definition) is 3. The first kappa shape index (κ1) is 12.3. The number of imide groups is 1. The number of primary amides is 2. The molecule has 5 nitrogen and oxygen atoms in total. The van der Waals surface area contributed by atoms with Crippen LogP contribution in [0.15, 0.2) is 47.4 Å². The van der Waals surface area contributed by atoms with Crippen molar-refractivity contribution in [2.75, 3.05) is 0 Å². The van der Waals surface area contributed by atoms with Gasteiger partial charge in [0.25, 0.3) is 0 Å². The maximum Gasteiger partial charge on any atom is 0.333 e. The molecule has 0 aromatic heterocycles. The fourth-order valence-corrected chi connectivity index (χ4v) is 2.23. The third-order valence-corrected chi connectivity index (χ3v) is 3.33. The number of carbonyl (C=O) groups is 2. The Morgan fingerprint density at radius 1 is 0.944 bits per heavy atom. The summed E-state index contributed by atoms with van der Waals surface area (Å²) in [6.45, 7) is 0. The number of benzene rings is 2. The van der Waals surface area contributed by atoms with Gasteiger partial charge in [-0.15, -0.1) is 0 Å². The van der Waals surface area contributed by atoms with Crippen LogP contribution in [0.5, 0.6) is 0 Å². The monoisotopic (exact) mass is 261 g/mol. The Morgan fingerprint density at radius 2 is 1.56 bits per heavy atom. The molecule has 2 aromatic carbocycles. The molecule has 18 heavy (non-hydrogen) atoms. The quantitative estimate of drug-likeness (QED) is 0.813. The molecule has 0 unspecified atom stereocenters. The molecule has 0 fully saturated rings. The van der Waals surface area contributed by atoms with E-state index in [1.165, 1.54) is 0 Å². The second-order valence-corrected chi connectivity index (χ2v) is 4.59. The highest BCUT2D eigenvalue weighted by Gasteiger charge is 2.17. The lowest BCUT2D eigenvalue weighted by molar-refractivity contribution is 0.221. The fourth-order valence-electron chi connectivity index (χ4n) is 1.53. The zero-order valence-electron chi connectivity index (χ0n) is 9.37. The molecule has 0 aliphatic heterocycles. The minimum Gasteiger partial charge on any atom is -0.350 e. The number of fused-ring (bicyclic) bond motifs is 1. The largest absolute Gasteiger partial charge is 0.350 e. The third kappa shape index (κ3) is 2.54. The predicted molar refractivity (Wildman–Crippen MR) is 70.8 cm³/mol. The minimum atomic E-state index is -0.888. The van der Waals surface area contributed by atoms with E-state index in [1.54, 1.807) is 6.07 Å². The zero-order valence-corrected chi connectivity index (χ0v) is 10.2. The van der Waals surface area contributed by atoms with Gasteiger partial charge in [-0.25, -0.2) is 9.59 Å². The summed E-state index contributed by atoms with van der Waals surface area (Å²) in [5.41, 5.74) is 10.1. The van der Waals surface area contributed by atoms with E-state index in [2.05, 4.69) is 0 Å². The predicted octanol–water partition coefficient (Wildman–Crippen LogP) is 2.31. The Morgan fingerprint density at radius 3 is 2.17 bits per heavy atom.